The van der Waals surface area contributed by atoms with Gasteiger partial charge in [-0.1, -0.05) is 29.8 Å². The molecule has 1 saturated heterocycles. The summed E-state index contributed by atoms with van der Waals surface area (Å²) >= 11 is 0. The van der Waals surface area contributed by atoms with E-state index in [9.17, 15) is 9.59 Å². The molecule has 0 saturated carbocycles. The number of benzene rings is 3. The van der Waals surface area contributed by atoms with Crippen LogP contribution in [0.4, 0.5) is 10.5 Å². The van der Waals surface area contributed by atoms with E-state index in [-0.39, 0.29) is 11.9 Å². The average Bonchev–Trinajstić information content (AvgIpc) is 3.53. The molecule has 0 atom stereocenters. The third-order valence-electron chi connectivity index (χ3n) is 5.68. The molecule has 8 heteroatoms. The molecule has 0 aliphatic carbocycles. The van der Waals surface area contributed by atoms with Crippen molar-refractivity contribution in [3.63, 3.8) is 0 Å². The zero-order valence-corrected chi connectivity index (χ0v) is 18.6. The van der Waals surface area contributed by atoms with Crippen molar-refractivity contribution in [1.82, 2.24) is 20.8 Å². The van der Waals surface area contributed by atoms with Gasteiger partial charge >= 0.3 is 6.03 Å². The van der Waals surface area contributed by atoms with Crippen molar-refractivity contribution in [3.05, 3.63) is 89.5 Å². The highest BCUT2D eigenvalue weighted by molar-refractivity contribution is 5.95. The fourth-order valence-corrected chi connectivity index (χ4v) is 3.71. The van der Waals surface area contributed by atoms with Crippen molar-refractivity contribution < 1.29 is 14.0 Å². The number of hydrogen-bond donors (Lipinski definition) is 2. The number of urea groups is 1. The van der Waals surface area contributed by atoms with Gasteiger partial charge in [-0.3, -0.25) is 9.69 Å². The van der Waals surface area contributed by atoms with Gasteiger partial charge in [-0.25, -0.2) is 4.79 Å². The second-order valence-corrected chi connectivity index (χ2v) is 8.09. The van der Waals surface area contributed by atoms with Gasteiger partial charge in [0.05, 0.1) is 0 Å². The number of rotatable bonds is 6. The number of anilines is 1. The van der Waals surface area contributed by atoms with E-state index in [0.717, 1.165) is 27.9 Å². The van der Waals surface area contributed by atoms with Crippen LogP contribution in [0.1, 0.15) is 21.5 Å². The first-order valence-electron chi connectivity index (χ1n) is 11.0. The summed E-state index contributed by atoms with van der Waals surface area (Å²) in [7, 11) is 0. The van der Waals surface area contributed by atoms with Gasteiger partial charge in [0.15, 0.2) is 0 Å². The molecular formula is C26H23N5O3. The van der Waals surface area contributed by atoms with E-state index >= 15 is 0 Å². The van der Waals surface area contributed by atoms with Gasteiger partial charge in [0.2, 0.25) is 11.8 Å². The van der Waals surface area contributed by atoms with E-state index < -0.39 is 0 Å². The fraction of sp³-hybridized carbons (Fsp3) is 0.154. The molecule has 3 amide bonds. The molecule has 2 heterocycles. The van der Waals surface area contributed by atoms with Crippen LogP contribution in [0, 0.1) is 6.92 Å². The molecule has 4 aromatic rings. The van der Waals surface area contributed by atoms with Gasteiger partial charge in [-0.05, 0) is 61.0 Å². The Morgan fingerprint density at radius 1 is 0.941 bits per heavy atom. The summed E-state index contributed by atoms with van der Waals surface area (Å²) < 4.78 is 5.80. The van der Waals surface area contributed by atoms with Gasteiger partial charge in [0, 0.05) is 42.0 Å². The maximum Gasteiger partial charge on any atom is 0.321 e. The van der Waals surface area contributed by atoms with E-state index in [1.807, 2.05) is 55.5 Å². The van der Waals surface area contributed by atoms with Gasteiger partial charge < -0.3 is 15.1 Å². The van der Waals surface area contributed by atoms with Crippen molar-refractivity contribution in [3.8, 4) is 22.9 Å². The molecule has 0 radical (unpaired) electrons. The molecule has 34 heavy (non-hydrogen) atoms. The first-order chi connectivity index (χ1) is 16.6. The van der Waals surface area contributed by atoms with Crippen LogP contribution in [0.3, 0.4) is 0 Å². The van der Waals surface area contributed by atoms with Crippen molar-refractivity contribution in [2.45, 2.75) is 13.5 Å². The Kier molecular flexibility index (Phi) is 5.78. The second kappa shape index (κ2) is 9.19. The summed E-state index contributed by atoms with van der Waals surface area (Å²) in [5, 5.41) is 14.0. The van der Waals surface area contributed by atoms with Crippen LogP contribution in [0.15, 0.2) is 77.2 Å². The quantitative estimate of drug-likeness (QED) is 0.456. The number of nitrogens with one attached hydrogen (secondary N) is 2. The molecule has 1 aromatic heterocycles. The molecule has 0 bridgehead atoms. The maximum absolute atomic E-state index is 12.6. The van der Waals surface area contributed by atoms with Gasteiger partial charge in [0.25, 0.3) is 5.91 Å². The fourth-order valence-electron chi connectivity index (χ4n) is 3.71. The molecule has 0 spiro atoms. The number of aromatic nitrogens is 2. The van der Waals surface area contributed by atoms with Crippen molar-refractivity contribution in [1.29, 1.82) is 0 Å². The Balaban J connectivity index is 1.20. The Morgan fingerprint density at radius 2 is 1.56 bits per heavy atom. The van der Waals surface area contributed by atoms with Gasteiger partial charge in [0.1, 0.15) is 0 Å². The monoisotopic (exact) mass is 453 g/mol. The molecule has 8 nitrogen and oxygen atoms in total. The largest absolute Gasteiger partial charge is 0.416 e. The Bertz CT molecular complexity index is 1310. The molecule has 2 N–H and O–H groups in total. The summed E-state index contributed by atoms with van der Waals surface area (Å²) in [6, 6.07) is 22.4. The molecule has 1 aliphatic heterocycles. The number of carbonyl (C=O) groups is 2. The Morgan fingerprint density at radius 3 is 2.15 bits per heavy atom. The number of aryl methyl sites for hydroxylation is 1. The summed E-state index contributed by atoms with van der Waals surface area (Å²) in [6.45, 7) is 3.71. The number of hydrogen-bond acceptors (Lipinski definition) is 5. The molecule has 170 valence electrons. The van der Waals surface area contributed by atoms with Crippen LogP contribution < -0.4 is 15.5 Å². The topological polar surface area (TPSA) is 100 Å². The second-order valence-electron chi connectivity index (χ2n) is 8.09. The smallest absolute Gasteiger partial charge is 0.321 e. The highest BCUT2D eigenvalue weighted by Gasteiger charge is 2.20. The van der Waals surface area contributed by atoms with Crippen LogP contribution in [0.2, 0.25) is 0 Å². The summed E-state index contributed by atoms with van der Waals surface area (Å²) in [5.74, 6) is 0.669. The standard InChI is InChI=1S/C26H23N5O3/c1-17-2-6-20(7-3-17)24-29-30-25(34-24)21-10-8-19(9-11-21)23(32)28-16-18-4-12-22(13-5-18)31-15-14-27-26(31)33/h2-13H,14-16H2,1H3,(H,27,33)(H,28,32). The molecule has 3 aromatic carbocycles. The first-order valence-corrected chi connectivity index (χ1v) is 11.0. The molecular weight excluding hydrogens is 430 g/mol. The van der Waals surface area contributed by atoms with E-state index in [4.69, 9.17) is 4.42 Å². The van der Waals surface area contributed by atoms with Crippen LogP contribution in [-0.2, 0) is 6.54 Å². The minimum absolute atomic E-state index is 0.0867. The van der Waals surface area contributed by atoms with Crippen molar-refractivity contribution >= 4 is 17.6 Å². The minimum Gasteiger partial charge on any atom is -0.416 e. The third-order valence-corrected chi connectivity index (χ3v) is 5.68. The summed E-state index contributed by atoms with van der Waals surface area (Å²) in [5.41, 5.74) is 5.08. The average molecular weight is 454 g/mol. The lowest BCUT2D eigenvalue weighted by molar-refractivity contribution is 0.0951. The predicted molar refractivity (Wildman–Crippen MR) is 128 cm³/mol. The number of nitrogens with zero attached hydrogens (tertiary/aromatic N) is 3. The lowest BCUT2D eigenvalue weighted by atomic mass is 10.1. The van der Waals surface area contributed by atoms with E-state index in [0.29, 0.717) is 37.0 Å². The Labute approximate surface area is 196 Å². The van der Waals surface area contributed by atoms with Crippen molar-refractivity contribution in [2.75, 3.05) is 18.0 Å². The summed E-state index contributed by atoms with van der Waals surface area (Å²) in [6.07, 6.45) is 0. The van der Waals surface area contributed by atoms with E-state index in [1.54, 1.807) is 29.2 Å². The number of amides is 3. The van der Waals surface area contributed by atoms with Crippen LogP contribution in [-0.4, -0.2) is 35.2 Å². The maximum atomic E-state index is 12.6. The zero-order chi connectivity index (χ0) is 23.5. The summed E-state index contributed by atoms with van der Waals surface area (Å²) in [4.78, 5) is 26.0. The highest BCUT2D eigenvalue weighted by atomic mass is 16.4. The molecule has 5 rings (SSSR count). The normalized spacial score (nSPS) is 13.1. The van der Waals surface area contributed by atoms with Crippen LogP contribution in [0.25, 0.3) is 22.9 Å². The lowest BCUT2D eigenvalue weighted by Gasteiger charge is -2.14. The lowest BCUT2D eigenvalue weighted by Crippen LogP contribution is -2.27. The van der Waals surface area contributed by atoms with E-state index in [1.165, 1.54) is 0 Å². The minimum atomic E-state index is -0.180. The van der Waals surface area contributed by atoms with Gasteiger partial charge in [-0.2, -0.15) is 0 Å². The highest BCUT2D eigenvalue weighted by Crippen LogP contribution is 2.24. The third kappa shape index (κ3) is 4.52. The van der Waals surface area contributed by atoms with E-state index in [2.05, 4.69) is 20.8 Å². The van der Waals surface area contributed by atoms with Crippen molar-refractivity contribution in [2.24, 2.45) is 0 Å². The molecule has 0 unspecified atom stereocenters. The number of carbonyl (C=O) groups excluding carboxylic acids is 2. The van der Waals surface area contributed by atoms with Crippen LogP contribution in [0.5, 0.6) is 0 Å². The SMILES string of the molecule is Cc1ccc(-c2nnc(-c3ccc(C(=O)NCc4ccc(N5CCNC5=O)cc4)cc3)o2)cc1. The predicted octanol–water partition coefficient (Wildman–Crippen LogP) is 4.17. The first kappa shape index (κ1) is 21.4. The van der Waals surface area contributed by atoms with Gasteiger partial charge in [-0.15, -0.1) is 10.2 Å². The molecule has 1 aliphatic rings. The van der Waals surface area contributed by atoms with Crippen LogP contribution >= 0.6 is 0 Å². The zero-order valence-electron chi connectivity index (χ0n) is 18.6. The Hall–Kier alpha value is -4.46. The molecule has 1 fully saturated rings.